The van der Waals surface area contributed by atoms with E-state index in [1.165, 1.54) is 0 Å². The lowest BCUT2D eigenvalue weighted by atomic mass is 10.3. The highest BCUT2D eigenvalue weighted by atomic mass is 35.7. The second-order valence-corrected chi connectivity index (χ2v) is 5.40. The molecule has 5 nitrogen and oxygen atoms in total. The van der Waals surface area contributed by atoms with Crippen molar-refractivity contribution in [1.29, 1.82) is 0 Å². The quantitative estimate of drug-likeness (QED) is 0.792. The van der Waals surface area contributed by atoms with Gasteiger partial charge in [-0.1, -0.05) is 6.07 Å². The van der Waals surface area contributed by atoms with Crippen LogP contribution in [0.4, 0.5) is 0 Å². The van der Waals surface area contributed by atoms with Gasteiger partial charge in [-0.05, 0) is 19.1 Å². The Labute approximate surface area is 96.4 Å². The van der Waals surface area contributed by atoms with E-state index in [1.807, 2.05) is 6.92 Å². The zero-order valence-corrected chi connectivity index (χ0v) is 9.88. The van der Waals surface area contributed by atoms with E-state index in [-0.39, 0.29) is 0 Å². The summed E-state index contributed by atoms with van der Waals surface area (Å²) in [6.45, 7) is 2.27. The number of aromatic nitrogens is 1. The molecule has 0 amide bonds. The summed E-state index contributed by atoms with van der Waals surface area (Å²) >= 11 is 0. The van der Waals surface area contributed by atoms with Crippen LogP contribution >= 0.6 is 10.7 Å². The Morgan fingerprint density at radius 3 is 2.88 bits per heavy atom. The van der Waals surface area contributed by atoms with Crippen molar-refractivity contribution in [1.82, 2.24) is 4.98 Å². The fourth-order valence-electron chi connectivity index (χ4n) is 1.28. The predicted octanol–water partition coefficient (Wildman–Crippen LogP) is 2.15. The van der Waals surface area contributed by atoms with Crippen LogP contribution in [0.1, 0.15) is 6.92 Å². The molecule has 0 bridgehead atoms. The Hall–Kier alpha value is -1.27. The number of ether oxygens (including phenoxy) is 1. The molecule has 0 radical (unpaired) electrons. The number of nitrogens with zero attached hydrogens (tertiary/aromatic N) is 1. The molecule has 86 valence electrons. The van der Waals surface area contributed by atoms with Gasteiger partial charge in [0.25, 0.3) is 0 Å². The van der Waals surface area contributed by atoms with Crippen LogP contribution in [0.15, 0.2) is 27.8 Å². The number of benzene rings is 1. The largest absolute Gasteiger partial charge is 0.491 e. The van der Waals surface area contributed by atoms with Gasteiger partial charge >= 0.3 is 14.3 Å². The van der Waals surface area contributed by atoms with E-state index in [0.29, 0.717) is 23.5 Å². The molecule has 7 heteroatoms. The monoisotopic (exact) mass is 261 g/mol. The van der Waals surface area contributed by atoms with Gasteiger partial charge in [-0.15, -0.1) is 0 Å². The third-order valence-corrected chi connectivity index (χ3v) is 2.86. The molecule has 16 heavy (non-hydrogen) atoms. The first-order valence-electron chi connectivity index (χ1n) is 4.49. The van der Waals surface area contributed by atoms with Crippen molar-refractivity contribution in [2.45, 2.75) is 12.1 Å². The summed E-state index contributed by atoms with van der Waals surface area (Å²) in [5, 5.41) is -0.517. The summed E-state index contributed by atoms with van der Waals surface area (Å²) < 4.78 is 32.4. The summed E-state index contributed by atoms with van der Waals surface area (Å²) in [6, 6.07) is 4.96. The molecule has 0 spiro atoms. The summed E-state index contributed by atoms with van der Waals surface area (Å²) in [7, 11) is 1.18. The molecule has 0 aliphatic carbocycles. The van der Waals surface area contributed by atoms with E-state index in [0.717, 1.165) is 0 Å². The van der Waals surface area contributed by atoms with Crippen molar-refractivity contribution in [2.75, 3.05) is 6.61 Å². The van der Waals surface area contributed by atoms with Crippen molar-refractivity contribution in [3.63, 3.8) is 0 Å². The third kappa shape index (κ3) is 1.98. The first kappa shape index (κ1) is 11.2. The number of oxazole rings is 1. The van der Waals surface area contributed by atoms with Gasteiger partial charge in [-0.3, -0.25) is 0 Å². The van der Waals surface area contributed by atoms with E-state index >= 15 is 0 Å². The number of hydrogen-bond acceptors (Lipinski definition) is 5. The van der Waals surface area contributed by atoms with Crippen LogP contribution in [0.5, 0.6) is 5.75 Å². The molecule has 2 rings (SSSR count). The Kier molecular flexibility index (Phi) is 2.77. The van der Waals surface area contributed by atoms with Gasteiger partial charge in [-0.25, -0.2) is 8.42 Å². The lowest BCUT2D eigenvalue weighted by Crippen LogP contribution is -1.92. The van der Waals surface area contributed by atoms with Crippen LogP contribution in [-0.2, 0) is 9.05 Å². The van der Waals surface area contributed by atoms with Gasteiger partial charge in [0, 0.05) is 10.7 Å². The average Bonchev–Trinajstić information content (AvgIpc) is 2.62. The lowest BCUT2D eigenvalue weighted by molar-refractivity contribution is 0.343. The highest BCUT2D eigenvalue weighted by Gasteiger charge is 2.20. The minimum absolute atomic E-state index is 0.324. The maximum absolute atomic E-state index is 11.0. The first-order valence-corrected chi connectivity index (χ1v) is 6.80. The van der Waals surface area contributed by atoms with Crippen molar-refractivity contribution in [3.8, 4) is 5.75 Å². The molecule has 0 fully saturated rings. The first-order chi connectivity index (χ1) is 7.52. The molecule has 1 aromatic carbocycles. The van der Waals surface area contributed by atoms with Gasteiger partial charge < -0.3 is 9.15 Å². The number of para-hydroxylation sites is 1. The molecular weight excluding hydrogens is 254 g/mol. The second kappa shape index (κ2) is 3.95. The summed E-state index contributed by atoms with van der Waals surface area (Å²) in [5.41, 5.74) is 0.675. The van der Waals surface area contributed by atoms with Crippen molar-refractivity contribution >= 4 is 30.8 Å². The van der Waals surface area contributed by atoms with Gasteiger partial charge in [0.2, 0.25) is 0 Å². The predicted molar refractivity (Wildman–Crippen MR) is 58.2 cm³/mol. The van der Waals surface area contributed by atoms with E-state index in [4.69, 9.17) is 19.8 Å². The van der Waals surface area contributed by atoms with Crippen molar-refractivity contribution < 1.29 is 17.6 Å². The SMILES string of the molecule is CCOc1cccc2oc(S(=O)(=O)Cl)nc12. The minimum Gasteiger partial charge on any atom is -0.491 e. The number of hydrogen-bond donors (Lipinski definition) is 0. The summed E-state index contributed by atoms with van der Waals surface area (Å²) in [5.74, 6) is 0.468. The molecule has 0 N–H and O–H groups in total. The Balaban J connectivity index is 2.66. The van der Waals surface area contributed by atoms with Crippen LogP contribution in [-0.4, -0.2) is 20.0 Å². The number of fused-ring (bicyclic) bond motifs is 1. The second-order valence-electron chi connectivity index (χ2n) is 2.95. The zero-order chi connectivity index (χ0) is 11.8. The smallest absolute Gasteiger partial charge is 0.332 e. The van der Waals surface area contributed by atoms with E-state index in [2.05, 4.69) is 4.98 Å². The highest BCUT2D eigenvalue weighted by Crippen LogP contribution is 2.28. The number of rotatable bonds is 3. The Morgan fingerprint density at radius 2 is 2.25 bits per heavy atom. The molecular formula is C9H8ClNO4S. The van der Waals surface area contributed by atoms with E-state index < -0.39 is 14.3 Å². The fraction of sp³-hybridized carbons (Fsp3) is 0.222. The van der Waals surface area contributed by atoms with Gasteiger partial charge in [-0.2, -0.15) is 4.98 Å². The summed E-state index contributed by atoms with van der Waals surface area (Å²) in [6.07, 6.45) is 0. The molecule has 0 saturated heterocycles. The van der Waals surface area contributed by atoms with Gasteiger partial charge in [0.15, 0.2) is 11.1 Å². The van der Waals surface area contributed by atoms with Gasteiger partial charge in [0.05, 0.1) is 6.61 Å². The van der Waals surface area contributed by atoms with Crippen LogP contribution < -0.4 is 4.74 Å². The zero-order valence-electron chi connectivity index (χ0n) is 8.31. The van der Waals surface area contributed by atoms with Crippen LogP contribution in [0, 0.1) is 0 Å². The highest BCUT2D eigenvalue weighted by molar-refractivity contribution is 8.13. The minimum atomic E-state index is -3.96. The van der Waals surface area contributed by atoms with Crippen molar-refractivity contribution in [2.24, 2.45) is 0 Å². The molecule has 0 saturated carbocycles. The standard InChI is InChI=1S/C9H8ClNO4S/c1-2-14-6-4-3-5-7-8(6)11-9(15-7)16(10,12)13/h3-5H,2H2,1H3. The molecule has 0 unspecified atom stereocenters. The van der Waals surface area contributed by atoms with Crippen molar-refractivity contribution in [3.05, 3.63) is 18.2 Å². The Morgan fingerprint density at radius 1 is 1.50 bits per heavy atom. The lowest BCUT2D eigenvalue weighted by Gasteiger charge is -2.00. The number of halogens is 1. The maximum Gasteiger partial charge on any atom is 0.332 e. The van der Waals surface area contributed by atoms with Crippen LogP contribution in [0.25, 0.3) is 11.1 Å². The molecule has 0 atom stereocenters. The molecule has 0 aliphatic heterocycles. The maximum atomic E-state index is 11.0. The fourth-order valence-corrected chi connectivity index (χ4v) is 1.87. The Bertz CT molecular complexity index is 619. The van der Waals surface area contributed by atoms with Crippen LogP contribution in [0.3, 0.4) is 0 Å². The average molecular weight is 262 g/mol. The molecule has 2 aromatic rings. The summed E-state index contributed by atoms with van der Waals surface area (Å²) in [4.78, 5) is 3.79. The topological polar surface area (TPSA) is 69.4 Å². The van der Waals surface area contributed by atoms with Gasteiger partial charge in [0.1, 0.15) is 5.75 Å². The normalized spacial score (nSPS) is 11.9. The molecule has 1 aromatic heterocycles. The van der Waals surface area contributed by atoms with Crippen LogP contribution in [0.2, 0.25) is 0 Å². The third-order valence-electron chi connectivity index (χ3n) is 1.87. The van der Waals surface area contributed by atoms with E-state index in [9.17, 15) is 8.42 Å². The van der Waals surface area contributed by atoms with E-state index in [1.54, 1.807) is 18.2 Å². The molecule has 0 aliphatic rings. The molecule has 1 heterocycles.